The van der Waals surface area contributed by atoms with Gasteiger partial charge in [-0.15, -0.1) is 4.33 Å². The maximum Gasteiger partial charge on any atom is 0.125 e. The Bertz CT molecular complexity index is 38.7. The number of aliphatic hydroxyl groups is 1. The zero-order valence-electron chi connectivity index (χ0n) is 3.70. The summed E-state index contributed by atoms with van der Waals surface area (Å²) in [6.45, 7) is 1.48. The summed E-state index contributed by atoms with van der Waals surface area (Å²) < 4.78 is 3.82. The summed E-state index contributed by atoms with van der Waals surface area (Å²) in [5, 5.41) is 18.9. The fraction of sp³-hybridized carbons (Fsp3) is 1.00. The average molecular weight is 126 g/mol. The van der Waals surface area contributed by atoms with Crippen LogP contribution in [0.1, 0.15) is 6.92 Å². The van der Waals surface area contributed by atoms with Gasteiger partial charge in [-0.3, -0.25) is 0 Å². The molecule has 0 aliphatic carbocycles. The summed E-state index contributed by atoms with van der Waals surface area (Å²) in [7, 11) is 0. The zero-order valence-corrected chi connectivity index (χ0v) is 4.51. The third kappa shape index (κ3) is 6.19. The highest BCUT2D eigenvalue weighted by molar-refractivity contribution is 7.94. The van der Waals surface area contributed by atoms with E-state index in [1.807, 2.05) is 0 Å². The first kappa shape index (κ1) is 7.19. The van der Waals surface area contributed by atoms with E-state index in [9.17, 15) is 0 Å². The first-order valence-corrected chi connectivity index (χ1v) is 2.39. The second kappa shape index (κ2) is 4.35. The smallest absolute Gasteiger partial charge is 0.125 e. The van der Waals surface area contributed by atoms with E-state index in [-0.39, 0.29) is 0 Å². The average Bonchev–Trinajstić information content (AvgIpc) is 1.61. The molecule has 0 saturated heterocycles. The van der Waals surface area contributed by atoms with Crippen molar-refractivity contribution in [1.82, 2.24) is 0 Å². The van der Waals surface area contributed by atoms with Crippen LogP contribution in [0, 0.1) is 0 Å². The molecule has 0 amide bonds. The topological polar surface area (TPSA) is 58.9 Å². The Balaban J connectivity index is 2.68. The Morgan fingerprint density at radius 1 is 1.71 bits per heavy atom. The van der Waals surface area contributed by atoms with E-state index in [1.54, 1.807) is 0 Å². The van der Waals surface area contributed by atoms with E-state index in [0.717, 1.165) is 0 Å². The van der Waals surface area contributed by atoms with Gasteiger partial charge in [-0.05, 0) is 6.92 Å². The number of rotatable bonds is 3. The Labute approximate surface area is 45.1 Å². The Hall–Kier alpha value is 0.190. The summed E-state index contributed by atoms with van der Waals surface area (Å²) in [6.07, 6.45) is 0. The lowest BCUT2D eigenvalue weighted by atomic mass is 10.9. The number of aliphatic hydroxyl groups excluding tert-OH is 1. The predicted molar refractivity (Wildman–Crippen MR) is 24.1 cm³/mol. The van der Waals surface area contributed by atoms with Gasteiger partial charge in [0.05, 0.1) is 12.0 Å². The summed E-state index contributed by atoms with van der Waals surface area (Å²) >= 11 is 0.615. The van der Waals surface area contributed by atoms with Crippen LogP contribution in [0.4, 0.5) is 0 Å². The van der Waals surface area contributed by atoms with Crippen LogP contribution in [0.25, 0.3) is 0 Å². The van der Waals surface area contributed by atoms with Gasteiger partial charge in [-0.25, -0.2) is 5.26 Å². The molecule has 5 heteroatoms. The van der Waals surface area contributed by atoms with Gasteiger partial charge in [0.15, 0.2) is 0 Å². The minimum Gasteiger partial charge on any atom is -0.380 e. The van der Waals surface area contributed by atoms with Gasteiger partial charge < -0.3 is 5.11 Å². The van der Waals surface area contributed by atoms with E-state index in [0.29, 0.717) is 12.0 Å². The van der Waals surface area contributed by atoms with Gasteiger partial charge in [0.2, 0.25) is 0 Å². The maximum atomic E-state index is 8.33. The molecule has 0 bridgehead atoms. The molecule has 1 unspecified atom stereocenters. The largest absolute Gasteiger partial charge is 0.380 e. The lowest BCUT2D eigenvalue weighted by molar-refractivity contribution is -0.432. The lowest BCUT2D eigenvalue weighted by Crippen LogP contribution is -1.92. The fourth-order valence-corrected chi connectivity index (χ4v) is 0.223. The first-order valence-electron chi connectivity index (χ1n) is 1.59. The molecule has 1 atom stereocenters. The monoisotopic (exact) mass is 126 g/mol. The third-order valence-electron chi connectivity index (χ3n) is 0.209. The van der Waals surface area contributed by atoms with E-state index >= 15 is 0 Å². The quantitative estimate of drug-likeness (QED) is 0.248. The molecule has 0 fully saturated rings. The maximum absolute atomic E-state index is 8.33. The summed E-state index contributed by atoms with van der Waals surface area (Å²) in [5.74, 6) is 0. The summed E-state index contributed by atoms with van der Waals surface area (Å²) in [4.78, 5) is 0. The second-order valence-electron chi connectivity index (χ2n) is 0.838. The molecule has 0 aromatic carbocycles. The van der Waals surface area contributed by atoms with Crippen LogP contribution in [0.5, 0.6) is 0 Å². The van der Waals surface area contributed by atoms with Gasteiger partial charge in [0, 0.05) is 0 Å². The second-order valence-corrected chi connectivity index (χ2v) is 1.85. The van der Waals surface area contributed by atoms with Crippen molar-refractivity contribution in [2.24, 2.45) is 0 Å². The van der Waals surface area contributed by atoms with Crippen LogP contribution in [-0.4, -0.2) is 15.8 Å². The van der Waals surface area contributed by atoms with Gasteiger partial charge in [0.25, 0.3) is 0 Å². The molecular formula is C2H6O4S. The molecule has 0 spiro atoms. The zero-order chi connectivity index (χ0) is 5.70. The highest BCUT2D eigenvalue weighted by Gasteiger charge is 1.94. The van der Waals surface area contributed by atoms with Crippen molar-refractivity contribution in [3.63, 3.8) is 0 Å². The molecule has 4 nitrogen and oxygen atoms in total. The highest BCUT2D eigenvalue weighted by Crippen LogP contribution is 2.06. The first-order chi connectivity index (χ1) is 3.27. The van der Waals surface area contributed by atoms with Gasteiger partial charge in [-0.1, -0.05) is 5.04 Å². The van der Waals surface area contributed by atoms with Crippen LogP contribution >= 0.6 is 12.0 Å². The Morgan fingerprint density at radius 3 is 2.43 bits per heavy atom. The van der Waals surface area contributed by atoms with Gasteiger partial charge >= 0.3 is 0 Å². The minimum absolute atomic E-state index is 0.615. The SMILES string of the molecule is CC(O)SOOO. The van der Waals surface area contributed by atoms with Crippen molar-refractivity contribution in [1.29, 1.82) is 0 Å². The van der Waals surface area contributed by atoms with Crippen molar-refractivity contribution in [2.75, 3.05) is 0 Å². The van der Waals surface area contributed by atoms with Crippen LogP contribution in [0.3, 0.4) is 0 Å². The van der Waals surface area contributed by atoms with Crippen LogP contribution in [0.2, 0.25) is 0 Å². The molecular weight excluding hydrogens is 120 g/mol. The van der Waals surface area contributed by atoms with E-state index in [1.165, 1.54) is 6.92 Å². The van der Waals surface area contributed by atoms with Gasteiger partial charge in [0.1, 0.15) is 5.44 Å². The molecule has 7 heavy (non-hydrogen) atoms. The summed E-state index contributed by atoms with van der Waals surface area (Å²) in [6, 6.07) is 0. The summed E-state index contributed by atoms with van der Waals surface area (Å²) in [5.41, 5.74) is -0.688. The van der Waals surface area contributed by atoms with Crippen LogP contribution < -0.4 is 0 Å². The molecule has 0 aliphatic rings. The molecule has 0 rings (SSSR count). The van der Waals surface area contributed by atoms with Crippen molar-refractivity contribution in [3.05, 3.63) is 0 Å². The number of hydrogen-bond acceptors (Lipinski definition) is 5. The highest BCUT2D eigenvalue weighted by atomic mass is 32.2. The Kier molecular flexibility index (Phi) is 4.47. The molecule has 0 heterocycles. The van der Waals surface area contributed by atoms with Crippen LogP contribution in [-0.2, 0) is 9.37 Å². The predicted octanol–water partition coefficient (Wildman–Crippen LogP) is 0.394. The molecule has 0 aromatic heterocycles. The van der Waals surface area contributed by atoms with Crippen LogP contribution in [0.15, 0.2) is 0 Å². The molecule has 44 valence electrons. The lowest BCUT2D eigenvalue weighted by Gasteiger charge is -1.95. The van der Waals surface area contributed by atoms with Crippen molar-refractivity contribution < 1.29 is 19.7 Å². The molecule has 0 radical (unpaired) electrons. The van der Waals surface area contributed by atoms with Gasteiger partial charge in [-0.2, -0.15) is 0 Å². The fourth-order valence-electron chi connectivity index (χ4n) is 0.0744. The van der Waals surface area contributed by atoms with E-state index in [4.69, 9.17) is 10.4 Å². The normalized spacial score (nSPS) is 14.1. The van der Waals surface area contributed by atoms with Crippen molar-refractivity contribution >= 4 is 12.0 Å². The molecule has 0 aromatic rings. The van der Waals surface area contributed by atoms with E-state index in [2.05, 4.69) is 9.37 Å². The van der Waals surface area contributed by atoms with Crippen molar-refractivity contribution in [2.45, 2.75) is 12.4 Å². The molecule has 0 aliphatic heterocycles. The minimum atomic E-state index is -0.688. The van der Waals surface area contributed by atoms with E-state index < -0.39 is 5.44 Å². The standard InChI is InChI=1S/C2H6O4S/c1-2(3)7-6-5-4/h2-4H,1H3. The molecule has 0 saturated carbocycles. The molecule has 2 N–H and O–H groups in total. The number of hydrogen-bond donors (Lipinski definition) is 2. The third-order valence-corrected chi connectivity index (χ3v) is 0.627. The Morgan fingerprint density at radius 2 is 2.29 bits per heavy atom. The van der Waals surface area contributed by atoms with Crippen molar-refractivity contribution in [3.8, 4) is 0 Å².